The van der Waals surface area contributed by atoms with Crippen LogP contribution in [0.4, 0.5) is 15.8 Å². The number of halogens is 1. The van der Waals surface area contributed by atoms with Crippen molar-refractivity contribution in [1.29, 1.82) is 5.26 Å². The standard InChI is InChI=1S/C13H10FN3O2S/c14-10-3-6-12(16)13(7-10)20(18,19)17-11-4-1-9(8-15)2-5-11/h1-7,17H,16H2. The van der Waals surface area contributed by atoms with Crippen molar-refractivity contribution in [1.82, 2.24) is 0 Å². The largest absolute Gasteiger partial charge is 0.398 e. The first-order valence-corrected chi connectivity index (χ1v) is 6.99. The highest BCUT2D eigenvalue weighted by Crippen LogP contribution is 2.22. The van der Waals surface area contributed by atoms with Gasteiger partial charge >= 0.3 is 0 Å². The lowest BCUT2D eigenvalue weighted by atomic mass is 10.2. The van der Waals surface area contributed by atoms with Crippen LogP contribution in [0.15, 0.2) is 47.4 Å². The van der Waals surface area contributed by atoms with E-state index in [1.165, 1.54) is 30.3 Å². The first-order chi connectivity index (χ1) is 9.42. The van der Waals surface area contributed by atoms with Crippen LogP contribution < -0.4 is 10.5 Å². The molecule has 0 atom stereocenters. The van der Waals surface area contributed by atoms with Gasteiger partial charge in [-0.3, -0.25) is 4.72 Å². The summed E-state index contributed by atoms with van der Waals surface area (Å²) in [5.74, 6) is -0.695. The van der Waals surface area contributed by atoms with Crippen molar-refractivity contribution >= 4 is 21.4 Å². The average Bonchev–Trinajstić information content (AvgIpc) is 2.42. The van der Waals surface area contributed by atoms with Gasteiger partial charge in [0.05, 0.1) is 17.3 Å². The zero-order valence-corrected chi connectivity index (χ0v) is 11.0. The Hall–Kier alpha value is -2.59. The van der Waals surface area contributed by atoms with Crippen LogP contribution in [0.5, 0.6) is 0 Å². The third-order valence-electron chi connectivity index (χ3n) is 2.53. The number of nitrogens with two attached hydrogens (primary N) is 1. The predicted molar refractivity (Wildman–Crippen MR) is 72.8 cm³/mol. The highest BCUT2D eigenvalue weighted by atomic mass is 32.2. The topological polar surface area (TPSA) is 96.0 Å². The molecule has 3 N–H and O–H groups in total. The second kappa shape index (κ2) is 5.19. The Morgan fingerprint density at radius 2 is 1.80 bits per heavy atom. The molecule has 0 saturated carbocycles. The Morgan fingerprint density at radius 3 is 2.40 bits per heavy atom. The summed E-state index contributed by atoms with van der Waals surface area (Å²) in [4.78, 5) is -0.332. The second-order valence-electron chi connectivity index (χ2n) is 3.98. The molecule has 5 nitrogen and oxygen atoms in total. The summed E-state index contributed by atoms with van der Waals surface area (Å²) in [7, 11) is -3.98. The Morgan fingerprint density at radius 1 is 1.15 bits per heavy atom. The van der Waals surface area contributed by atoms with Crippen LogP contribution in [-0.4, -0.2) is 8.42 Å². The van der Waals surface area contributed by atoms with E-state index < -0.39 is 15.8 Å². The van der Waals surface area contributed by atoms with Gasteiger partial charge in [-0.2, -0.15) is 5.26 Å². The van der Waals surface area contributed by atoms with Gasteiger partial charge in [0.2, 0.25) is 0 Å². The minimum atomic E-state index is -3.98. The highest BCUT2D eigenvalue weighted by molar-refractivity contribution is 7.92. The Bertz CT molecular complexity index is 780. The smallest absolute Gasteiger partial charge is 0.264 e. The van der Waals surface area contributed by atoms with Gasteiger partial charge in [0.25, 0.3) is 10.0 Å². The number of sulfonamides is 1. The molecule has 0 radical (unpaired) electrons. The Balaban J connectivity index is 2.35. The molecule has 0 aliphatic carbocycles. The lowest BCUT2D eigenvalue weighted by molar-refractivity contribution is 0.596. The Labute approximate surface area is 115 Å². The molecule has 7 heteroatoms. The van der Waals surface area contributed by atoms with Gasteiger partial charge in [-0.15, -0.1) is 0 Å². The molecule has 0 aliphatic heterocycles. The molecule has 0 aromatic heterocycles. The molecule has 0 bridgehead atoms. The summed E-state index contributed by atoms with van der Waals surface area (Å²) in [6.07, 6.45) is 0. The molecule has 0 unspecified atom stereocenters. The molecule has 0 fully saturated rings. The van der Waals surface area contributed by atoms with Crippen LogP contribution in [0.25, 0.3) is 0 Å². The molecular formula is C13H10FN3O2S. The fourth-order valence-corrected chi connectivity index (χ4v) is 2.77. The fraction of sp³-hybridized carbons (Fsp3) is 0. The van der Waals surface area contributed by atoms with Gasteiger partial charge in [-0.05, 0) is 42.5 Å². The summed E-state index contributed by atoms with van der Waals surface area (Å²) in [6.45, 7) is 0. The molecule has 2 rings (SSSR count). The molecule has 102 valence electrons. The number of hydrogen-bond donors (Lipinski definition) is 2. The lowest BCUT2D eigenvalue weighted by Crippen LogP contribution is -2.15. The number of anilines is 2. The van der Waals surface area contributed by atoms with Crippen LogP contribution in [0.2, 0.25) is 0 Å². The number of rotatable bonds is 3. The van der Waals surface area contributed by atoms with E-state index in [0.29, 0.717) is 5.56 Å². The van der Waals surface area contributed by atoms with Gasteiger partial charge < -0.3 is 5.73 Å². The van der Waals surface area contributed by atoms with E-state index in [-0.39, 0.29) is 16.3 Å². The maximum absolute atomic E-state index is 13.1. The summed E-state index contributed by atoms with van der Waals surface area (Å²) < 4.78 is 39.6. The van der Waals surface area contributed by atoms with Crippen LogP contribution >= 0.6 is 0 Å². The van der Waals surface area contributed by atoms with Crippen LogP contribution in [0.1, 0.15) is 5.56 Å². The number of nitrogens with zero attached hydrogens (tertiary/aromatic N) is 1. The van der Waals surface area contributed by atoms with Gasteiger partial charge in [-0.25, -0.2) is 12.8 Å². The predicted octanol–water partition coefficient (Wildman–Crippen LogP) is 2.08. The molecule has 2 aromatic rings. The zero-order chi connectivity index (χ0) is 14.8. The van der Waals surface area contributed by atoms with Crippen LogP contribution in [-0.2, 0) is 10.0 Å². The number of hydrogen-bond acceptors (Lipinski definition) is 4. The maximum Gasteiger partial charge on any atom is 0.264 e. The van der Waals surface area contributed by atoms with E-state index in [2.05, 4.69) is 4.72 Å². The monoisotopic (exact) mass is 291 g/mol. The number of nitrogens with one attached hydrogen (secondary N) is 1. The van der Waals surface area contributed by atoms with Crippen LogP contribution in [0, 0.1) is 17.1 Å². The molecule has 0 saturated heterocycles. The molecule has 0 aliphatic rings. The van der Waals surface area contributed by atoms with Crippen molar-refractivity contribution in [2.24, 2.45) is 0 Å². The quantitative estimate of drug-likeness (QED) is 0.846. The molecule has 0 spiro atoms. The van der Waals surface area contributed by atoms with E-state index >= 15 is 0 Å². The summed E-state index contributed by atoms with van der Waals surface area (Å²) in [5.41, 5.74) is 6.16. The Kier molecular flexibility index (Phi) is 3.59. The minimum absolute atomic E-state index is 0.0486. The molecule has 0 amide bonds. The van der Waals surface area contributed by atoms with Crippen molar-refractivity contribution in [2.45, 2.75) is 4.90 Å². The normalized spacial score (nSPS) is 10.8. The maximum atomic E-state index is 13.1. The second-order valence-corrected chi connectivity index (χ2v) is 5.63. The minimum Gasteiger partial charge on any atom is -0.398 e. The van der Waals surface area contributed by atoms with E-state index in [1.807, 2.05) is 6.07 Å². The summed E-state index contributed by atoms with van der Waals surface area (Å²) in [6, 6.07) is 10.8. The van der Waals surface area contributed by atoms with E-state index in [4.69, 9.17) is 11.0 Å². The van der Waals surface area contributed by atoms with Crippen molar-refractivity contribution in [3.8, 4) is 6.07 Å². The van der Waals surface area contributed by atoms with E-state index in [9.17, 15) is 12.8 Å². The van der Waals surface area contributed by atoms with Gasteiger partial charge in [0.1, 0.15) is 10.7 Å². The van der Waals surface area contributed by atoms with Crippen molar-refractivity contribution in [3.05, 3.63) is 53.8 Å². The SMILES string of the molecule is N#Cc1ccc(NS(=O)(=O)c2cc(F)ccc2N)cc1. The van der Waals surface area contributed by atoms with Crippen LogP contribution in [0.3, 0.4) is 0 Å². The summed E-state index contributed by atoms with van der Waals surface area (Å²) in [5, 5.41) is 8.66. The first-order valence-electron chi connectivity index (χ1n) is 5.50. The fourth-order valence-electron chi connectivity index (χ4n) is 1.56. The lowest BCUT2D eigenvalue weighted by Gasteiger charge is -2.10. The molecular weight excluding hydrogens is 281 g/mol. The van der Waals surface area contributed by atoms with Gasteiger partial charge in [0, 0.05) is 5.69 Å². The summed E-state index contributed by atoms with van der Waals surface area (Å²) >= 11 is 0. The molecule has 0 heterocycles. The third-order valence-corrected chi connectivity index (χ3v) is 3.97. The van der Waals surface area contributed by atoms with Crippen molar-refractivity contribution in [2.75, 3.05) is 10.5 Å². The van der Waals surface area contributed by atoms with Gasteiger partial charge in [0.15, 0.2) is 0 Å². The highest BCUT2D eigenvalue weighted by Gasteiger charge is 2.18. The zero-order valence-electron chi connectivity index (χ0n) is 10.2. The van der Waals surface area contributed by atoms with E-state index in [1.54, 1.807) is 0 Å². The molecule has 2 aromatic carbocycles. The molecule has 20 heavy (non-hydrogen) atoms. The van der Waals surface area contributed by atoms with Crippen molar-refractivity contribution < 1.29 is 12.8 Å². The number of nitriles is 1. The van der Waals surface area contributed by atoms with Crippen molar-refractivity contribution in [3.63, 3.8) is 0 Å². The van der Waals surface area contributed by atoms with E-state index in [0.717, 1.165) is 12.1 Å². The third kappa shape index (κ3) is 2.87. The van der Waals surface area contributed by atoms with Gasteiger partial charge in [-0.1, -0.05) is 0 Å². The average molecular weight is 291 g/mol. The number of benzene rings is 2. The number of nitrogen functional groups attached to an aromatic ring is 1. The first kappa shape index (κ1) is 13.8.